The van der Waals surface area contributed by atoms with Crippen LogP contribution >= 0.6 is 0 Å². The Morgan fingerprint density at radius 3 is 2.46 bits per heavy atom. The first kappa shape index (κ1) is 16.4. The molecule has 3 rings (SSSR count). The predicted molar refractivity (Wildman–Crippen MR) is 85.1 cm³/mol. The van der Waals surface area contributed by atoms with Crippen LogP contribution in [0.3, 0.4) is 0 Å². The molecular formula is C18H20O6. The number of benzene rings is 1. The third-order valence-electron chi connectivity index (χ3n) is 4.61. The van der Waals surface area contributed by atoms with Crippen LogP contribution in [0.5, 0.6) is 5.75 Å². The van der Waals surface area contributed by atoms with Crippen molar-refractivity contribution in [2.24, 2.45) is 5.92 Å². The fourth-order valence-electron chi connectivity index (χ4n) is 3.51. The summed E-state index contributed by atoms with van der Waals surface area (Å²) in [5.41, 5.74) is 1.93. The van der Waals surface area contributed by atoms with Crippen molar-refractivity contribution < 1.29 is 28.5 Å². The van der Waals surface area contributed by atoms with Gasteiger partial charge in [-0.1, -0.05) is 12.1 Å². The van der Waals surface area contributed by atoms with Crippen LogP contribution in [0.25, 0.3) is 5.76 Å². The molecule has 6 nitrogen and oxygen atoms in total. The van der Waals surface area contributed by atoms with Gasteiger partial charge in [0, 0.05) is 5.92 Å². The van der Waals surface area contributed by atoms with E-state index in [2.05, 4.69) is 4.74 Å². The van der Waals surface area contributed by atoms with Gasteiger partial charge in [-0.05, 0) is 24.5 Å². The minimum atomic E-state index is -0.446. The Morgan fingerprint density at radius 1 is 1.08 bits per heavy atom. The van der Waals surface area contributed by atoms with Crippen LogP contribution in [0.15, 0.2) is 24.0 Å². The van der Waals surface area contributed by atoms with Crippen LogP contribution in [-0.2, 0) is 23.8 Å². The third kappa shape index (κ3) is 2.62. The number of esters is 2. The first-order valence-corrected chi connectivity index (χ1v) is 7.84. The van der Waals surface area contributed by atoms with Gasteiger partial charge in [0.25, 0.3) is 0 Å². The molecule has 0 saturated carbocycles. The van der Waals surface area contributed by atoms with E-state index < -0.39 is 11.9 Å². The zero-order valence-corrected chi connectivity index (χ0v) is 14.0. The van der Waals surface area contributed by atoms with E-state index >= 15 is 0 Å². The molecule has 0 aromatic heterocycles. The summed E-state index contributed by atoms with van der Waals surface area (Å²) in [7, 11) is 4.82. The molecular weight excluding hydrogens is 312 g/mol. The number of rotatable bonds is 6. The molecule has 1 saturated heterocycles. The van der Waals surface area contributed by atoms with Crippen LogP contribution in [0, 0.1) is 5.92 Å². The Morgan fingerprint density at radius 2 is 1.88 bits per heavy atom. The highest BCUT2D eigenvalue weighted by molar-refractivity contribution is 5.94. The van der Waals surface area contributed by atoms with Crippen LogP contribution in [0.4, 0.5) is 0 Å². The van der Waals surface area contributed by atoms with Crippen molar-refractivity contribution in [3.05, 3.63) is 35.1 Å². The molecule has 24 heavy (non-hydrogen) atoms. The maximum atomic E-state index is 11.7. The molecule has 1 aromatic rings. The van der Waals surface area contributed by atoms with Gasteiger partial charge >= 0.3 is 11.9 Å². The van der Waals surface area contributed by atoms with Gasteiger partial charge in [-0.15, -0.1) is 0 Å². The molecule has 128 valence electrons. The van der Waals surface area contributed by atoms with Crippen molar-refractivity contribution in [3.63, 3.8) is 0 Å². The molecule has 2 aliphatic rings. The maximum absolute atomic E-state index is 11.7. The molecule has 1 aliphatic heterocycles. The first-order chi connectivity index (χ1) is 11.6. The Bertz CT molecular complexity index is 705. The number of cyclic esters (lactones) is 2. The van der Waals surface area contributed by atoms with E-state index in [0.29, 0.717) is 18.6 Å². The van der Waals surface area contributed by atoms with Gasteiger partial charge in [-0.2, -0.15) is 0 Å². The van der Waals surface area contributed by atoms with Gasteiger partial charge in [0.2, 0.25) is 0 Å². The number of hydrogen-bond donors (Lipinski definition) is 0. The van der Waals surface area contributed by atoms with Crippen molar-refractivity contribution in [1.82, 2.24) is 0 Å². The molecule has 6 heteroatoms. The lowest BCUT2D eigenvalue weighted by atomic mass is 9.90. The molecule has 0 N–H and O–H groups in total. The predicted octanol–water partition coefficient (Wildman–Crippen LogP) is 2.62. The number of hydrogen-bond acceptors (Lipinski definition) is 6. The lowest BCUT2D eigenvalue weighted by molar-refractivity contribution is -0.153. The SMILES string of the molecule is COC1=C(OC)C(CCC2CC(=O)OC2=O)c2cccc(OC)c21. The number of carbonyl (C=O) groups is 2. The molecule has 2 atom stereocenters. The summed E-state index contributed by atoms with van der Waals surface area (Å²) in [5, 5.41) is 0. The first-order valence-electron chi connectivity index (χ1n) is 7.84. The average Bonchev–Trinajstić information content (AvgIpc) is 3.08. The Balaban J connectivity index is 1.89. The smallest absolute Gasteiger partial charge is 0.317 e. The second-order valence-corrected chi connectivity index (χ2v) is 5.85. The van der Waals surface area contributed by atoms with E-state index in [9.17, 15) is 9.59 Å². The van der Waals surface area contributed by atoms with Gasteiger partial charge in [-0.25, -0.2) is 0 Å². The topological polar surface area (TPSA) is 71.1 Å². The highest BCUT2D eigenvalue weighted by Crippen LogP contribution is 2.48. The molecule has 1 fully saturated rings. The number of ether oxygens (including phenoxy) is 4. The third-order valence-corrected chi connectivity index (χ3v) is 4.61. The summed E-state index contributed by atoms with van der Waals surface area (Å²) < 4.78 is 21.2. The van der Waals surface area contributed by atoms with Gasteiger partial charge in [0.15, 0.2) is 5.76 Å². The van der Waals surface area contributed by atoms with Crippen molar-refractivity contribution in [2.75, 3.05) is 21.3 Å². The fourth-order valence-corrected chi connectivity index (χ4v) is 3.51. The van der Waals surface area contributed by atoms with E-state index in [1.807, 2.05) is 18.2 Å². The molecule has 1 aliphatic carbocycles. The summed E-state index contributed by atoms with van der Waals surface area (Å²) in [6.07, 6.45) is 1.36. The van der Waals surface area contributed by atoms with E-state index in [1.54, 1.807) is 21.3 Å². The van der Waals surface area contributed by atoms with E-state index in [0.717, 1.165) is 22.6 Å². The fraction of sp³-hybridized carbons (Fsp3) is 0.444. The summed E-state index contributed by atoms with van der Waals surface area (Å²) >= 11 is 0. The minimum absolute atomic E-state index is 0.0430. The molecule has 1 aromatic carbocycles. The normalized spacial score (nSPS) is 22.5. The Kier molecular flexibility index (Phi) is 4.46. The van der Waals surface area contributed by atoms with Crippen molar-refractivity contribution in [3.8, 4) is 5.75 Å². The Labute approximate surface area is 140 Å². The monoisotopic (exact) mass is 332 g/mol. The second-order valence-electron chi connectivity index (χ2n) is 5.85. The number of fused-ring (bicyclic) bond motifs is 1. The highest BCUT2D eigenvalue weighted by atomic mass is 16.6. The second kappa shape index (κ2) is 6.55. The summed E-state index contributed by atoms with van der Waals surface area (Å²) in [4.78, 5) is 22.9. The largest absolute Gasteiger partial charge is 0.497 e. The summed E-state index contributed by atoms with van der Waals surface area (Å²) in [6.45, 7) is 0. The van der Waals surface area contributed by atoms with Gasteiger partial charge < -0.3 is 18.9 Å². The summed E-state index contributed by atoms with van der Waals surface area (Å²) in [6, 6.07) is 5.80. The van der Waals surface area contributed by atoms with Crippen LogP contribution in [0.2, 0.25) is 0 Å². The van der Waals surface area contributed by atoms with Crippen LogP contribution in [-0.4, -0.2) is 33.3 Å². The Hall–Kier alpha value is -2.50. The van der Waals surface area contributed by atoms with Gasteiger partial charge in [0.05, 0.1) is 39.2 Å². The lowest BCUT2D eigenvalue weighted by Gasteiger charge is -2.16. The van der Waals surface area contributed by atoms with Crippen LogP contribution in [0.1, 0.15) is 36.3 Å². The van der Waals surface area contributed by atoms with Gasteiger partial charge in [-0.3, -0.25) is 9.59 Å². The average molecular weight is 332 g/mol. The molecule has 0 radical (unpaired) electrons. The minimum Gasteiger partial charge on any atom is -0.497 e. The zero-order valence-electron chi connectivity index (χ0n) is 14.0. The number of carbonyl (C=O) groups excluding carboxylic acids is 2. The van der Waals surface area contributed by atoms with Crippen LogP contribution < -0.4 is 4.74 Å². The number of allylic oxidation sites excluding steroid dienone is 1. The number of methoxy groups -OCH3 is 3. The highest BCUT2D eigenvalue weighted by Gasteiger charge is 2.38. The molecule has 0 amide bonds. The molecule has 0 bridgehead atoms. The molecule has 0 spiro atoms. The van der Waals surface area contributed by atoms with E-state index in [-0.39, 0.29) is 18.3 Å². The van der Waals surface area contributed by atoms with E-state index in [1.165, 1.54) is 0 Å². The van der Waals surface area contributed by atoms with Crippen molar-refractivity contribution >= 4 is 17.7 Å². The van der Waals surface area contributed by atoms with Crippen molar-refractivity contribution in [1.29, 1.82) is 0 Å². The molecule has 2 unspecified atom stereocenters. The maximum Gasteiger partial charge on any atom is 0.317 e. The zero-order chi connectivity index (χ0) is 17.3. The summed E-state index contributed by atoms with van der Waals surface area (Å²) in [5.74, 6) is 0.790. The van der Waals surface area contributed by atoms with Crippen molar-refractivity contribution in [2.45, 2.75) is 25.2 Å². The van der Waals surface area contributed by atoms with E-state index in [4.69, 9.17) is 14.2 Å². The molecule has 1 heterocycles. The quantitative estimate of drug-likeness (QED) is 0.589. The lowest BCUT2D eigenvalue weighted by Crippen LogP contribution is -2.10. The standard InChI is InChI=1S/C18H20O6/c1-21-13-6-4-5-11-12(16(22-2)17(23-3)15(11)13)8-7-10-9-14(19)24-18(10)20/h4-6,10,12H,7-9H2,1-3H3. The van der Waals surface area contributed by atoms with Gasteiger partial charge in [0.1, 0.15) is 11.5 Å².